The van der Waals surface area contributed by atoms with Gasteiger partial charge in [0.2, 0.25) is 0 Å². The highest BCUT2D eigenvalue weighted by molar-refractivity contribution is 6.02. The van der Waals surface area contributed by atoms with Crippen molar-refractivity contribution in [1.82, 2.24) is 0 Å². The predicted molar refractivity (Wildman–Crippen MR) is 225 cm³/mol. The van der Waals surface area contributed by atoms with Crippen molar-refractivity contribution in [3.63, 3.8) is 0 Å². The molecule has 0 aromatic heterocycles. The summed E-state index contributed by atoms with van der Waals surface area (Å²) in [6.45, 7) is 9.48. The van der Waals surface area contributed by atoms with Crippen molar-refractivity contribution in [2.75, 3.05) is 4.90 Å². The molecule has 8 aromatic rings. The van der Waals surface area contributed by atoms with Crippen molar-refractivity contribution in [1.29, 1.82) is 0 Å². The first-order chi connectivity index (χ1) is 25.8. The molecule has 8 aromatic carbocycles. The topological polar surface area (TPSA) is 3.24 Å². The van der Waals surface area contributed by atoms with Gasteiger partial charge in [-0.2, -0.15) is 0 Å². The Morgan fingerprint density at radius 3 is 1.74 bits per heavy atom. The third kappa shape index (κ3) is 4.70. The highest BCUT2D eigenvalue weighted by Gasteiger charge is 2.38. The van der Waals surface area contributed by atoms with Crippen molar-refractivity contribution >= 4 is 27.8 Å². The van der Waals surface area contributed by atoms with E-state index in [9.17, 15) is 0 Å². The number of rotatable bonds is 5. The van der Waals surface area contributed by atoms with Gasteiger partial charge in [-0.3, -0.25) is 0 Å². The summed E-state index contributed by atoms with van der Waals surface area (Å²) in [7, 11) is 0. The van der Waals surface area contributed by atoms with Crippen molar-refractivity contribution < 1.29 is 0 Å². The molecular weight excluding hydrogens is 639 g/mol. The first-order valence-corrected chi connectivity index (χ1v) is 18.8. The zero-order valence-electron chi connectivity index (χ0n) is 30.7. The lowest BCUT2D eigenvalue weighted by molar-refractivity contribution is 0.660. The molecule has 0 N–H and O–H groups in total. The summed E-state index contributed by atoms with van der Waals surface area (Å²) in [6.07, 6.45) is 0. The van der Waals surface area contributed by atoms with Crippen molar-refractivity contribution in [3.8, 4) is 44.5 Å². The van der Waals surface area contributed by atoms with Gasteiger partial charge in [-0.05, 0) is 96.9 Å². The second-order valence-corrected chi connectivity index (χ2v) is 15.7. The second kappa shape index (κ2) is 11.7. The summed E-state index contributed by atoms with van der Waals surface area (Å²) < 4.78 is 0. The number of hydrogen-bond acceptors (Lipinski definition) is 1. The zero-order valence-corrected chi connectivity index (χ0v) is 30.7. The molecular formula is C52H41N. The van der Waals surface area contributed by atoms with E-state index in [1.54, 1.807) is 0 Å². The Kier molecular flexibility index (Phi) is 6.94. The molecule has 0 aliphatic heterocycles. The number of benzene rings is 8. The lowest BCUT2D eigenvalue weighted by atomic mass is 9.79. The molecule has 0 saturated heterocycles. The van der Waals surface area contributed by atoms with E-state index in [4.69, 9.17) is 0 Å². The fourth-order valence-corrected chi connectivity index (χ4v) is 9.50. The molecule has 0 saturated carbocycles. The van der Waals surface area contributed by atoms with Gasteiger partial charge in [0, 0.05) is 27.5 Å². The Hall–Kier alpha value is -6.18. The Bertz CT molecular complexity index is 2740. The minimum Gasteiger partial charge on any atom is -0.309 e. The molecule has 0 bridgehead atoms. The minimum atomic E-state index is -0.110. The fourth-order valence-electron chi connectivity index (χ4n) is 9.50. The van der Waals surface area contributed by atoms with Crippen LogP contribution in [0.1, 0.15) is 49.9 Å². The maximum atomic E-state index is 2.48. The SMILES string of the molecule is CC1(C)c2ccccc2-c2ccc(-c3ccccc3N(c3cccc(-c4cccc5c4C(C)(C)c4ccccc4-5)c3)c3cccc4ccccc34)cc21. The molecule has 10 rings (SSSR count). The van der Waals surface area contributed by atoms with Gasteiger partial charge in [0.15, 0.2) is 0 Å². The van der Waals surface area contributed by atoms with E-state index < -0.39 is 0 Å². The molecule has 0 atom stereocenters. The molecule has 0 amide bonds. The first-order valence-electron chi connectivity index (χ1n) is 18.8. The predicted octanol–water partition coefficient (Wildman–Crippen LogP) is 14.3. The molecule has 0 fully saturated rings. The number of fused-ring (bicyclic) bond motifs is 7. The lowest BCUT2D eigenvalue weighted by Gasteiger charge is -2.30. The normalized spacial score (nSPS) is 14.3. The quantitative estimate of drug-likeness (QED) is 0.175. The van der Waals surface area contributed by atoms with Crippen LogP contribution in [0.5, 0.6) is 0 Å². The zero-order chi connectivity index (χ0) is 35.9. The Balaban J connectivity index is 1.18. The van der Waals surface area contributed by atoms with Crippen LogP contribution >= 0.6 is 0 Å². The average molecular weight is 680 g/mol. The van der Waals surface area contributed by atoms with Gasteiger partial charge in [0.1, 0.15) is 0 Å². The third-order valence-electron chi connectivity index (χ3n) is 12.0. The molecule has 254 valence electrons. The minimum absolute atomic E-state index is 0.0795. The Morgan fingerprint density at radius 1 is 0.358 bits per heavy atom. The van der Waals surface area contributed by atoms with Crippen LogP contribution in [0, 0.1) is 0 Å². The maximum Gasteiger partial charge on any atom is 0.0540 e. The van der Waals surface area contributed by atoms with E-state index in [2.05, 4.69) is 209 Å². The van der Waals surface area contributed by atoms with E-state index in [1.807, 2.05) is 0 Å². The number of anilines is 3. The Morgan fingerprint density at radius 2 is 0.906 bits per heavy atom. The molecule has 1 heteroatoms. The van der Waals surface area contributed by atoms with Gasteiger partial charge in [0.25, 0.3) is 0 Å². The smallest absolute Gasteiger partial charge is 0.0540 e. The summed E-state index contributed by atoms with van der Waals surface area (Å²) in [5.41, 5.74) is 19.1. The van der Waals surface area contributed by atoms with Crippen LogP contribution in [-0.4, -0.2) is 0 Å². The van der Waals surface area contributed by atoms with Crippen molar-refractivity contribution in [2.24, 2.45) is 0 Å². The standard InChI is InChI=1S/C52H41N/c1-51(2)45-26-10-7-22-41(45)43-31-30-36(33-47(43)51)39-21-9-12-28-48(39)53(49-29-14-17-34-16-5-6-20-38(34)49)37-19-13-18-35(32-37)40-24-15-25-44-42-23-8-11-27-46(42)52(3,4)50(40)44/h5-33H,1-4H3. The van der Waals surface area contributed by atoms with Crippen LogP contribution < -0.4 is 4.90 Å². The van der Waals surface area contributed by atoms with Crippen LogP contribution in [-0.2, 0) is 10.8 Å². The molecule has 0 heterocycles. The van der Waals surface area contributed by atoms with Crippen molar-refractivity contribution in [3.05, 3.63) is 198 Å². The largest absolute Gasteiger partial charge is 0.309 e. The van der Waals surface area contributed by atoms with Gasteiger partial charge in [0.05, 0.1) is 11.4 Å². The highest BCUT2D eigenvalue weighted by atomic mass is 15.1. The van der Waals surface area contributed by atoms with E-state index in [1.165, 1.54) is 77.5 Å². The molecule has 53 heavy (non-hydrogen) atoms. The van der Waals surface area contributed by atoms with Crippen LogP contribution in [0.4, 0.5) is 17.1 Å². The summed E-state index contributed by atoms with van der Waals surface area (Å²) in [6, 6.07) is 65.3. The van der Waals surface area contributed by atoms with Crippen molar-refractivity contribution in [2.45, 2.75) is 38.5 Å². The van der Waals surface area contributed by atoms with Gasteiger partial charge < -0.3 is 4.90 Å². The molecule has 1 nitrogen and oxygen atoms in total. The monoisotopic (exact) mass is 679 g/mol. The number of nitrogens with zero attached hydrogens (tertiary/aromatic N) is 1. The molecule has 2 aliphatic carbocycles. The van der Waals surface area contributed by atoms with Gasteiger partial charge in [-0.25, -0.2) is 0 Å². The van der Waals surface area contributed by atoms with Crippen LogP contribution in [0.3, 0.4) is 0 Å². The number of para-hydroxylation sites is 1. The molecule has 0 radical (unpaired) electrons. The van der Waals surface area contributed by atoms with Crippen LogP contribution in [0.2, 0.25) is 0 Å². The van der Waals surface area contributed by atoms with E-state index >= 15 is 0 Å². The van der Waals surface area contributed by atoms with Gasteiger partial charge in [-0.1, -0.05) is 173 Å². The average Bonchev–Trinajstić information content (AvgIpc) is 3.58. The summed E-state index contributed by atoms with van der Waals surface area (Å²) in [5, 5.41) is 2.44. The highest BCUT2D eigenvalue weighted by Crippen LogP contribution is 2.54. The Labute approximate surface area is 312 Å². The van der Waals surface area contributed by atoms with E-state index in [0.29, 0.717) is 0 Å². The first kappa shape index (κ1) is 31.5. The second-order valence-electron chi connectivity index (χ2n) is 15.7. The lowest BCUT2D eigenvalue weighted by Crippen LogP contribution is -2.16. The maximum absolute atomic E-state index is 2.48. The molecule has 0 unspecified atom stereocenters. The summed E-state index contributed by atoms with van der Waals surface area (Å²) >= 11 is 0. The summed E-state index contributed by atoms with van der Waals surface area (Å²) in [4.78, 5) is 2.48. The third-order valence-corrected chi connectivity index (χ3v) is 12.0. The summed E-state index contributed by atoms with van der Waals surface area (Å²) in [5.74, 6) is 0. The van der Waals surface area contributed by atoms with E-state index in [0.717, 1.165) is 17.1 Å². The number of hydrogen-bond donors (Lipinski definition) is 0. The van der Waals surface area contributed by atoms with Crippen LogP contribution in [0.25, 0.3) is 55.3 Å². The molecule has 0 spiro atoms. The fraction of sp³-hybridized carbons (Fsp3) is 0.115. The van der Waals surface area contributed by atoms with E-state index in [-0.39, 0.29) is 10.8 Å². The van der Waals surface area contributed by atoms with Gasteiger partial charge >= 0.3 is 0 Å². The van der Waals surface area contributed by atoms with Crippen LogP contribution in [0.15, 0.2) is 176 Å². The molecule has 2 aliphatic rings. The van der Waals surface area contributed by atoms with Gasteiger partial charge in [-0.15, -0.1) is 0 Å².